The Bertz CT molecular complexity index is 461. The van der Waals surface area contributed by atoms with Crippen LogP contribution in [0.2, 0.25) is 0 Å². The van der Waals surface area contributed by atoms with Gasteiger partial charge in [0.25, 0.3) is 0 Å². The molecule has 0 radical (unpaired) electrons. The summed E-state index contributed by atoms with van der Waals surface area (Å²) in [5.74, 6) is 0. The molecule has 0 amide bonds. The van der Waals surface area contributed by atoms with Crippen molar-refractivity contribution in [2.45, 2.75) is 19.9 Å². The van der Waals surface area contributed by atoms with Gasteiger partial charge in [0.1, 0.15) is 5.69 Å². The van der Waals surface area contributed by atoms with Crippen molar-refractivity contribution in [3.63, 3.8) is 0 Å². The number of hydrogen-bond acceptors (Lipinski definition) is 3. The molecule has 2 aromatic heterocycles. The Labute approximate surface area is 101 Å². The van der Waals surface area contributed by atoms with Gasteiger partial charge in [0.2, 0.25) is 0 Å². The van der Waals surface area contributed by atoms with E-state index in [1.54, 1.807) is 11.3 Å². The largest absolute Gasteiger partial charge is 0.396 e. The molecule has 0 fully saturated rings. The van der Waals surface area contributed by atoms with E-state index in [0.29, 0.717) is 0 Å². The highest BCUT2D eigenvalue weighted by molar-refractivity contribution is 9.10. The second-order valence-electron chi connectivity index (χ2n) is 3.33. The van der Waals surface area contributed by atoms with Crippen molar-refractivity contribution in [3.8, 4) is 10.6 Å². The Hall–Kier alpha value is -0.810. The van der Waals surface area contributed by atoms with Crippen molar-refractivity contribution in [2.24, 2.45) is 0 Å². The van der Waals surface area contributed by atoms with Crippen molar-refractivity contribution < 1.29 is 0 Å². The molecular weight excluding hydrogens is 274 g/mol. The molecule has 0 atom stereocenters. The van der Waals surface area contributed by atoms with Crippen molar-refractivity contribution in [3.05, 3.63) is 22.1 Å². The van der Waals surface area contributed by atoms with Gasteiger partial charge in [-0.3, -0.25) is 4.68 Å². The number of aromatic nitrogens is 2. The quantitative estimate of drug-likeness (QED) is 0.940. The van der Waals surface area contributed by atoms with Crippen LogP contribution in [-0.4, -0.2) is 9.78 Å². The van der Waals surface area contributed by atoms with Gasteiger partial charge in [-0.15, -0.1) is 11.3 Å². The van der Waals surface area contributed by atoms with E-state index >= 15 is 0 Å². The second-order valence-corrected chi connectivity index (χ2v) is 5.15. The number of nitrogens with two attached hydrogens (primary N) is 1. The van der Waals surface area contributed by atoms with Crippen LogP contribution in [0.25, 0.3) is 10.6 Å². The van der Waals surface area contributed by atoms with Crippen molar-refractivity contribution in [1.29, 1.82) is 0 Å². The summed E-state index contributed by atoms with van der Waals surface area (Å²) in [6, 6.07) is 2.04. The van der Waals surface area contributed by atoms with E-state index in [1.165, 1.54) is 0 Å². The standard InChI is InChI=1S/C10H12BrN3S/c1-2-3-14-5-8(12)10(13-14)9-4-7(11)6-15-9/h4-6H,2-3,12H2,1H3. The molecule has 2 rings (SSSR count). The van der Waals surface area contributed by atoms with Crippen LogP contribution in [0.5, 0.6) is 0 Å². The number of halogens is 1. The molecular formula is C10H12BrN3S. The Morgan fingerprint density at radius 1 is 1.60 bits per heavy atom. The predicted octanol–water partition coefficient (Wildman–Crippen LogP) is 3.37. The maximum Gasteiger partial charge on any atom is 0.125 e. The Morgan fingerprint density at radius 2 is 2.40 bits per heavy atom. The SMILES string of the molecule is CCCn1cc(N)c(-c2cc(Br)cs2)n1. The monoisotopic (exact) mass is 285 g/mol. The van der Waals surface area contributed by atoms with E-state index in [1.807, 2.05) is 22.3 Å². The lowest BCUT2D eigenvalue weighted by atomic mass is 10.3. The number of nitrogen functional groups attached to an aromatic ring is 1. The molecule has 15 heavy (non-hydrogen) atoms. The molecule has 0 bridgehead atoms. The Morgan fingerprint density at radius 3 is 3.00 bits per heavy atom. The summed E-state index contributed by atoms with van der Waals surface area (Å²) in [5.41, 5.74) is 7.56. The van der Waals surface area contributed by atoms with Crippen molar-refractivity contribution >= 4 is 33.0 Å². The molecule has 0 aliphatic rings. The summed E-state index contributed by atoms with van der Waals surface area (Å²) in [6.45, 7) is 3.04. The molecule has 0 saturated heterocycles. The average molecular weight is 286 g/mol. The van der Waals surface area contributed by atoms with Crippen LogP contribution < -0.4 is 5.73 Å². The molecule has 2 N–H and O–H groups in total. The third kappa shape index (κ3) is 2.23. The highest BCUT2D eigenvalue weighted by Crippen LogP contribution is 2.32. The first-order valence-electron chi connectivity index (χ1n) is 4.78. The summed E-state index contributed by atoms with van der Waals surface area (Å²) in [4.78, 5) is 1.11. The summed E-state index contributed by atoms with van der Waals surface area (Å²) in [5, 5.41) is 6.50. The van der Waals surface area contributed by atoms with Crippen LogP contribution in [0.15, 0.2) is 22.1 Å². The third-order valence-electron chi connectivity index (χ3n) is 2.04. The lowest BCUT2D eigenvalue weighted by Crippen LogP contribution is -1.96. The predicted molar refractivity (Wildman–Crippen MR) is 67.9 cm³/mol. The number of rotatable bonds is 3. The number of anilines is 1. The molecule has 2 heterocycles. The van der Waals surface area contributed by atoms with Gasteiger partial charge < -0.3 is 5.73 Å². The topological polar surface area (TPSA) is 43.8 Å². The van der Waals surface area contributed by atoms with E-state index in [2.05, 4.69) is 28.0 Å². The fourth-order valence-electron chi connectivity index (χ4n) is 1.41. The minimum atomic E-state index is 0.748. The number of nitrogens with zero attached hydrogens (tertiary/aromatic N) is 2. The molecule has 0 unspecified atom stereocenters. The highest BCUT2D eigenvalue weighted by atomic mass is 79.9. The Balaban J connectivity index is 2.35. The van der Waals surface area contributed by atoms with E-state index in [4.69, 9.17) is 5.73 Å². The van der Waals surface area contributed by atoms with Crippen molar-refractivity contribution in [1.82, 2.24) is 9.78 Å². The van der Waals surface area contributed by atoms with Gasteiger partial charge in [-0.2, -0.15) is 5.10 Å². The molecule has 2 aromatic rings. The molecule has 0 aliphatic heterocycles. The average Bonchev–Trinajstić information content (AvgIpc) is 2.73. The fraction of sp³-hybridized carbons (Fsp3) is 0.300. The summed E-state index contributed by atoms with van der Waals surface area (Å²) < 4.78 is 2.98. The van der Waals surface area contributed by atoms with E-state index in [-0.39, 0.29) is 0 Å². The fourth-order valence-corrected chi connectivity index (χ4v) is 2.84. The maximum absolute atomic E-state index is 5.92. The summed E-state index contributed by atoms with van der Waals surface area (Å²) in [7, 11) is 0. The molecule has 0 spiro atoms. The minimum Gasteiger partial charge on any atom is -0.396 e. The Kier molecular flexibility index (Phi) is 3.11. The number of aryl methyl sites for hydroxylation is 1. The highest BCUT2D eigenvalue weighted by Gasteiger charge is 2.10. The maximum atomic E-state index is 5.92. The third-order valence-corrected chi connectivity index (χ3v) is 3.74. The molecule has 0 saturated carbocycles. The van der Waals surface area contributed by atoms with Gasteiger partial charge in [-0.1, -0.05) is 6.92 Å². The first kappa shape index (κ1) is 10.7. The summed E-state index contributed by atoms with van der Waals surface area (Å²) in [6.07, 6.45) is 2.96. The van der Waals surface area contributed by atoms with Gasteiger partial charge >= 0.3 is 0 Å². The molecule has 0 aliphatic carbocycles. The zero-order valence-corrected chi connectivity index (χ0v) is 10.8. The zero-order chi connectivity index (χ0) is 10.8. The smallest absolute Gasteiger partial charge is 0.125 e. The van der Waals surface area contributed by atoms with Gasteiger partial charge in [0, 0.05) is 22.6 Å². The van der Waals surface area contributed by atoms with Gasteiger partial charge in [-0.25, -0.2) is 0 Å². The summed E-state index contributed by atoms with van der Waals surface area (Å²) >= 11 is 5.07. The number of thiophene rings is 1. The molecule has 3 nitrogen and oxygen atoms in total. The van der Waals surface area contributed by atoms with Crippen LogP contribution in [0.1, 0.15) is 13.3 Å². The second kappa shape index (κ2) is 4.37. The normalized spacial score (nSPS) is 10.8. The molecule has 80 valence electrons. The zero-order valence-electron chi connectivity index (χ0n) is 8.40. The molecule has 0 aromatic carbocycles. The lowest BCUT2D eigenvalue weighted by molar-refractivity contribution is 0.605. The van der Waals surface area contributed by atoms with E-state index in [0.717, 1.165) is 33.7 Å². The first-order valence-corrected chi connectivity index (χ1v) is 6.45. The van der Waals surface area contributed by atoms with Crippen LogP contribution in [0.3, 0.4) is 0 Å². The van der Waals surface area contributed by atoms with Gasteiger partial charge in [0.05, 0.1) is 10.6 Å². The minimum absolute atomic E-state index is 0.748. The van der Waals surface area contributed by atoms with Crippen LogP contribution >= 0.6 is 27.3 Å². The number of hydrogen-bond donors (Lipinski definition) is 1. The first-order chi connectivity index (χ1) is 7.20. The van der Waals surface area contributed by atoms with Gasteiger partial charge in [0.15, 0.2) is 0 Å². The van der Waals surface area contributed by atoms with Crippen LogP contribution in [0.4, 0.5) is 5.69 Å². The lowest BCUT2D eigenvalue weighted by Gasteiger charge is -1.94. The van der Waals surface area contributed by atoms with E-state index in [9.17, 15) is 0 Å². The van der Waals surface area contributed by atoms with Crippen LogP contribution in [-0.2, 0) is 6.54 Å². The van der Waals surface area contributed by atoms with Gasteiger partial charge in [-0.05, 0) is 28.4 Å². The van der Waals surface area contributed by atoms with Crippen LogP contribution in [0, 0.1) is 0 Å². The van der Waals surface area contributed by atoms with E-state index < -0.39 is 0 Å². The molecule has 5 heteroatoms. The van der Waals surface area contributed by atoms with Crippen molar-refractivity contribution in [2.75, 3.05) is 5.73 Å².